The minimum Gasteiger partial charge on any atom is -0.423 e. The molecular formula is C28H23BCl2F3N3O5. The SMILES string of the molecule is Cc1cc(C2=NOC(c3cc(Cl)cc(Cl)c3)(C(F)(F)F)C2)ccc1C(=O)NCC(=O)NCc1ccc2c(c1)B(O)OC2. The topological polar surface area (TPSA) is 109 Å². The number of benzene rings is 3. The number of halogens is 5. The van der Waals surface area contributed by atoms with Crippen LogP contribution < -0.4 is 16.1 Å². The van der Waals surface area contributed by atoms with Gasteiger partial charge in [0.1, 0.15) is 0 Å². The van der Waals surface area contributed by atoms with Crippen LogP contribution in [0.2, 0.25) is 10.0 Å². The van der Waals surface area contributed by atoms with Gasteiger partial charge in [0.2, 0.25) is 5.91 Å². The fourth-order valence-corrected chi connectivity index (χ4v) is 5.36. The van der Waals surface area contributed by atoms with E-state index in [1.807, 2.05) is 12.1 Å². The van der Waals surface area contributed by atoms with Crippen molar-refractivity contribution in [2.75, 3.05) is 6.54 Å². The Morgan fingerprint density at radius 3 is 2.50 bits per heavy atom. The van der Waals surface area contributed by atoms with Gasteiger partial charge in [-0.05, 0) is 65.0 Å². The Balaban J connectivity index is 1.21. The normalized spacial score (nSPS) is 17.9. The Morgan fingerprint density at radius 2 is 1.81 bits per heavy atom. The summed E-state index contributed by atoms with van der Waals surface area (Å²) in [5.74, 6) is -0.966. The van der Waals surface area contributed by atoms with Crippen LogP contribution in [0.4, 0.5) is 13.2 Å². The number of carbonyl (C=O) groups excluding carboxylic acids is 2. The second kappa shape index (κ2) is 11.6. The third-order valence-electron chi connectivity index (χ3n) is 7.09. The van der Waals surface area contributed by atoms with Gasteiger partial charge in [-0.1, -0.05) is 52.6 Å². The molecule has 0 saturated carbocycles. The Bertz CT molecular complexity index is 1580. The van der Waals surface area contributed by atoms with Crippen molar-refractivity contribution in [3.63, 3.8) is 0 Å². The van der Waals surface area contributed by atoms with Crippen LogP contribution in [0.1, 0.15) is 44.6 Å². The minimum atomic E-state index is -4.84. The third-order valence-corrected chi connectivity index (χ3v) is 7.53. The molecule has 2 amide bonds. The van der Waals surface area contributed by atoms with E-state index in [-0.39, 0.29) is 40.0 Å². The number of nitrogens with zero attached hydrogens (tertiary/aromatic N) is 1. The summed E-state index contributed by atoms with van der Waals surface area (Å²) in [6.45, 7) is 1.83. The zero-order valence-corrected chi connectivity index (χ0v) is 23.5. The first-order valence-corrected chi connectivity index (χ1v) is 13.5. The number of aryl methyl sites for hydroxylation is 1. The van der Waals surface area contributed by atoms with E-state index in [1.165, 1.54) is 24.3 Å². The van der Waals surface area contributed by atoms with Crippen molar-refractivity contribution in [3.05, 3.63) is 98.0 Å². The van der Waals surface area contributed by atoms with Crippen molar-refractivity contribution in [1.82, 2.24) is 10.6 Å². The van der Waals surface area contributed by atoms with E-state index < -0.39 is 37.1 Å². The number of oxime groups is 1. The van der Waals surface area contributed by atoms with Crippen LogP contribution in [-0.2, 0) is 33.0 Å². The molecule has 2 aliphatic rings. The molecule has 0 aromatic heterocycles. The van der Waals surface area contributed by atoms with Gasteiger partial charge < -0.3 is 25.1 Å². The quantitative estimate of drug-likeness (QED) is 0.344. The maximum absolute atomic E-state index is 14.3. The van der Waals surface area contributed by atoms with E-state index in [9.17, 15) is 27.8 Å². The van der Waals surface area contributed by atoms with Crippen molar-refractivity contribution >= 4 is 53.3 Å². The summed E-state index contributed by atoms with van der Waals surface area (Å²) < 4.78 is 48.0. The van der Waals surface area contributed by atoms with Gasteiger partial charge in [-0.15, -0.1) is 0 Å². The molecule has 2 aliphatic heterocycles. The zero-order valence-electron chi connectivity index (χ0n) is 22.0. The molecule has 0 fully saturated rings. The summed E-state index contributed by atoms with van der Waals surface area (Å²) >= 11 is 11.9. The number of fused-ring (bicyclic) bond motifs is 1. The van der Waals surface area contributed by atoms with Crippen LogP contribution in [0.15, 0.2) is 59.8 Å². The van der Waals surface area contributed by atoms with Gasteiger partial charge in [0.15, 0.2) is 0 Å². The first kappa shape index (κ1) is 29.9. The number of nitrogens with one attached hydrogen (secondary N) is 2. The van der Waals surface area contributed by atoms with Crippen LogP contribution in [0.25, 0.3) is 0 Å². The fourth-order valence-electron chi connectivity index (χ4n) is 4.84. The van der Waals surface area contributed by atoms with Crippen LogP contribution in [-0.4, -0.2) is 42.4 Å². The average molecular weight is 620 g/mol. The summed E-state index contributed by atoms with van der Waals surface area (Å²) in [6.07, 6.45) is -5.47. The number of amides is 2. The van der Waals surface area contributed by atoms with Crippen molar-refractivity contribution in [2.45, 2.75) is 38.3 Å². The maximum Gasteiger partial charge on any atom is 0.491 e. The van der Waals surface area contributed by atoms with Crippen LogP contribution in [0, 0.1) is 6.92 Å². The molecule has 0 spiro atoms. The molecule has 218 valence electrons. The molecule has 1 atom stereocenters. The number of alkyl halides is 3. The monoisotopic (exact) mass is 619 g/mol. The molecular weight excluding hydrogens is 597 g/mol. The van der Waals surface area contributed by atoms with Gasteiger partial charge in [-0.3, -0.25) is 9.59 Å². The lowest BCUT2D eigenvalue weighted by Crippen LogP contribution is -2.42. The van der Waals surface area contributed by atoms with Crippen molar-refractivity contribution in [2.24, 2.45) is 5.16 Å². The molecule has 0 radical (unpaired) electrons. The third kappa shape index (κ3) is 5.98. The molecule has 0 bridgehead atoms. The van der Waals surface area contributed by atoms with Gasteiger partial charge in [-0.25, -0.2) is 0 Å². The number of rotatable bonds is 7. The lowest BCUT2D eigenvalue weighted by atomic mass is 9.79. The highest BCUT2D eigenvalue weighted by Crippen LogP contribution is 2.49. The lowest BCUT2D eigenvalue weighted by molar-refractivity contribution is -0.275. The summed E-state index contributed by atoms with van der Waals surface area (Å²) in [5, 5.41) is 18.9. The van der Waals surface area contributed by atoms with Crippen molar-refractivity contribution in [1.29, 1.82) is 0 Å². The molecule has 3 aromatic carbocycles. The van der Waals surface area contributed by atoms with E-state index >= 15 is 0 Å². The molecule has 3 aromatic rings. The molecule has 42 heavy (non-hydrogen) atoms. The molecule has 2 heterocycles. The van der Waals surface area contributed by atoms with Crippen LogP contribution in [0.3, 0.4) is 0 Å². The summed E-state index contributed by atoms with van der Waals surface area (Å²) in [6, 6.07) is 13.4. The van der Waals surface area contributed by atoms with Gasteiger partial charge in [0.25, 0.3) is 11.5 Å². The minimum absolute atomic E-state index is 0.0243. The summed E-state index contributed by atoms with van der Waals surface area (Å²) in [7, 11) is -0.993. The van der Waals surface area contributed by atoms with Crippen LogP contribution in [0.5, 0.6) is 0 Å². The molecule has 5 rings (SSSR count). The lowest BCUT2D eigenvalue weighted by Gasteiger charge is -2.29. The zero-order chi connectivity index (χ0) is 30.2. The average Bonchev–Trinajstić information content (AvgIpc) is 3.55. The van der Waals surface area contributed by atoms with E-state index in [4.69, 9.17) is 32.7 Å². The first-order chi connectivity index (χ1) is 19.9. The molecule has 3 N–H and O–H groups in total. The second-order valence-electron chi connectivity index (χ2n) is 9.97. The molecule has 0 saturated heterocycles. The Hall–Kier alpha value is -3.58. The smallest absolute Gasteiger partial charge is 0.423 e. The highest BCUT2D eigenvalue weighted by Gasteiger charge is 2.62. The van der Waals surface area contributed by atoms with Crippen LogP contribution >= 0.6 is 23.2 Å². The molecule has 8 nitrogen and oxygen atoms in total. The predicted octanol–water partition coefficient (Wildman–Crippen LogP) is 4.15. The van der Waals surface area contributed by atoms with Gasteiger partial charge in [0.05, 0.1) is 18.9 Å². The summed E-state index contributed by atoms with van der Waals surface area (Å²) in [4.78, 5) is 30.1. The van der Waals surface area contributed by atoms with E-state index in [2.05, 4.69) is 15.8 Å². The standard InChI is InChI=1S/C28H23BCl2F3N3O5/c1-15-6-17(24-11-27(42-37-24,28(32,33)34)19-8-20(30)10-21(31)9-19)4-5-22(15)26(39)36-13-25(38)35-12-16-2-3-18-14-41-29(40)23(18)7-16/h2-10,40H,11-14H2,1H3,(H,35,38)(H,36,39). The Kier molecular flexibility index (Phi) is 8.26. The Morgan fingerprint density at radius 1 is 1.07 bits per heavy atom. The number of hydrogen-bond donors (Lipinski definition) is 3. The fraction of sp³-hybridized carbons (Fsp3) is 0.250. The van der Waals surface area contributed by atoms with E-state index in [1.54, 1.807) is 13.0 Å². The summed E-state index contributed by atoms with van der Waals surface area (Å²) in [5.41, 5.74) is 0.309. The van der Waals surface area contributed by atoms with Gasteiger partial charge in [0, 0.05) is 34.1 Å². The molecule has 1 unspecified atom stereocenters. The first-order valence-electron chi connectivity index (χ1n) is 12.7. The van der Waals surface area contributed by atoms with Gasteiger partial charge >= 0.3 is 13.3 Å². The molecule has 14 heteroatoms. The predicted molar refractivity (Wildman–Crippen MR) is 151 cm³/mol. The highest BCUT2D eigenvalue weighted by molar-refractivity contribution is 6.61. The second-order valence-corrected chi connectivity index (χ2v) is 10.8. The van der Waals surface area contributed by atoms with Gasteiger partial charge in [-0.2, -0.15) is 13.2 Å². The maximum atomic E-state index is 14.3. The highest BCUT2D eigenvalue weighted by atomic mass is 35.5. The van der Waals surface area contributed by atoms with E-state index in [0.717, 1.165) is 23.3 Å². The Labute approximate surface area is 248 Å². The van der Waals surface area contributed by atoms with Crippen molar-refractivity contribution in [3.8, 4) is 0 Å². The molecule has 0 aliphatic carbocycles. The van der Waals surface area contributed by atoms with E-state index in [0.29, 0.717) is 23.2 Å². The number of carbonyl (C=O) groups is 2. The van der Waals surface area contributed by atoms with Crippen molar-refractivity contribution < 1.29 is 37.3 Å². The number of hydrogen-bond acceptors (Lipinski definition) is 6. The largest absolute Gasteiger partial charge is 0.491 e.